The lowest BCUT2D eigenvalue weighted by Crippen LogP contribution is -2.55. The highest BCUT2D eigenvalue weighted by atomic mass is 16.6. The number of amides is 4. The van der Waals surface area contributed by atoms with Crippen LogP contribution in [-0.4, -0.2) is 68.1 Å². The van der Waals surface area contributed by atoms with Gasteiger partial charge in [-0.05, 0) is 77.2 Å². The summed E-state index contributed by atoms with van der Waals surface area (Å²) in [6.07, 6.45) is -0.917. The minimum Gasteiger partial charge on any atom is -0.491 e. The predicted octanol–water partition coefficient (Wildman–Crippen LogP) is 6.48. The maximum atomic E-state index is 16.3. The normalized spacial score (nSPS) is 22.4. The number of anilines is 1. The van der Waals surface area contributed by atoms with E-state index >= 15 is 9.59 Å². The number of carbonyl (C=O) groups excluding carboxylic acids is 4. The number of cyclic esters (lactones) is 1. The van der Waals surface area contributed by atoms with Gasteiger partial charge >= 0.3 is 12.0 Å². The first kappa shape index (κ1) is 42.8. The van der Waals surface area contributed by atoms with E-state index in [1.165, 1.54) is 0 Å². The third-order valence-corrected chi connectivity index (χ3v) is 13.0. The second-order valence-corrected chi connectivity index (χ2v) is 16.8. The smallest absolute Gasteiger partial charge is 0.329 e. The van der Waals surface area contributed by atoms with Crippen molar-refractivity contribution in [2.24, 2.45) is 11.7 Å². The number of para-hydroxylation sites is 1. The summed E-state index contributed by atoms with van der Waals surface area (Å²) in [5.41, 5.74) is 9.68. The lowest BCUT2D eigenvalue weighted by atomic mass is 9.65. The first-order valence-electron chi connectivity index (χ1n) is 22.0. The molecular weight excluding hydrogens is 847 g/mol. The van der Waals surface area contributed by atoms with Gasteiger partial charge in [0.25, 0.3) is 0 Å². The summed E-state index contributed by atoms with van der Waals surface area (Å²) in [5.74, 6) is 2.73. The Balaban J connectivity index is 1.21. The van der Waals surface area contributed by atoms with E-state index in [-0.39, 0.29) is 31.0 Å². The second-order valence-electron chi connectivity index (χ2n) is 16.8. The number of hydrogen-bond donors (Lipinski definition) is 3. The Kier molecular flexibility index (Phi) is 11.3. The average molecular weight is 892 g/mol. The van der Waals surface area contributed by atoms with Crippen LogP contribution in [0.2, 0.25) is 0 Å². The van der Waals surface area contributed by atoms with Gasteiger partial charge in [-0.25, -0.2) is 14.4 Å². The molecule has 7 atom stereocenters. The van der Waals surface area contributed by atoms with Crippen LogP contribution in [0.1, 0.15) is 64.5 Å². The van der Waals surface area contributed by atoms with Gasteiger partial charge in [0, 0.05) is 5.56 Å². The van der Waals surface area contributed by atoms with Gasteiger partial charge in [-0.1, -0.05) is 132 Å². The van der Waals surface area contributed by atoms with E-state index in [9.17, 15) is 14.7 Å². The van der Waals surface area contributed by atoms with Crippen LogP contribution in [-0.2, 0) is 31.1 Å². The van der Waals surface area contributed by atoms with Crippen molar-refractivity contribution in [3.63, 3.8) is 0 Å². The van der Waals surface area contributed by atoms with Crippen LogP contribution in [0, 0.1) is 17.8 Å². The predicted molar refractivity (Wildman–Crippen MR) is 248 cm³/mol. The van der Waals surface area contributed by atoms with Crippen molar-refractivity contribution >= 4 is 40.5 Å². The minimum atomic E-state index is -2.05. The van der Waals surface area contributed by atoms with E-state index in [0.717, 1.165) is 27.1 Å². The van der Waals surface area contributed by atoms with Gasteiger partial charge in [-0.2, -0.15) is 0 Å². The van der Waals surface area contributed by atoms with E-state index in [2.05, 4.69) is 27.5 Å². The summed E-state index contributed by atoms with van der Waals surface area (Å²) in [4.78, 5) is 63.9. The van der Waals surface area contributed by atoms with Gasteiger partial charge in [0.05, 0.1) is 41.9 Å². The average Bonchev–Trinajstić information content (AvgIpc) is 4.00. The minimum absolute atomic E-state index is 0.0215. The molecule has 14 heteroatoms. The largest absolute Gasteiger partial charge is 0.491 e. The molecule has 10 rings (SSSR count). The van der Waals surface area contributed by atoms with Gasteiger partial charge in [0.15, 0.2) is 0 Å². The fourth-order valence-electron chi connectivity index (χ4n) is 10.3. The van der Waals surface area contributed by atoms with Crippen LogP contribution in [0.5, 0.6) is 5.75 Å². The van der Waals surface area contributed by atoms with Gasteiger partial charge < -0.3 is 25.6 Å². The Morgan fingerprint density at radius 1 is 0.836 bits per heavy atom. The Hall–Kier alpha value is -8.12. The van der Waals surface area contributed by atoms with Crippen LogP contribution in [0.25, 0.3) is 11.0 Å². The van der Waals surface area contributed by atoms with Crippen LogP contribution in [0.4, 0.5) is 10.5 Å². The molecule has 334 valence electrons. The summed E-state index contributed by atoms with van der Waals surface area (Å²) in [5, 5.41) is 21.3. The van der Waals surface area contributed by atoms with E-state index in [1.807, 2.05) is 127 Å². The van der Waals surface area contributed by atoms with E-state index in [0.29, 0.717) is 22.4 Å². The number of carbonyl (C=O) groups is 4. The summed E-state index contributed by atoms with van der Waals surface area (Å²) in [7, 11) is 0. The molecule has 3 aliphatic heterocycles. The van der Waals surface area contributed by atoms with Crippen molar-refractivity contribution in [2.45, 2.75) is 49.2 Å². The number of fused-ring (bicyclic) bond motifs is 4. The Labute approximate surface area is 385 Å². The molecule has 2 fully saturated rings. The Bertz CT molecular complexity index is 3080. The van der Waals surface area contributed by atoms with Gasteiger partial charge in [-0.3, -0.25) is 19.3 Å². The lowest BCUT2D eigenvalue weighted by Gasteiger charge is -2.46. The standard InChI is InChI=1S/C53H45N7O7/c1-33(35-16-5-2-6-17-35)55-52(65)59-42-27-26-34(15-14-28-58-43-25-12-11-24-41(43)56-57-58)31-40(42)53(51(59)64)44(49(54)62)46-50(63)67-47(37-20-9-4-10-21-37)45(36-18-7-3-8-19-36)60(46)48(53)38-22-13-23-39(32-38)66-30-29-61/h2-13,16-27,31-33,44-48,61H,28-30H2,1H3,(H2,54,62)(H,55,65)/t33-,44+,45+,46+,47-,48-,53+/m1/s1. The Morgan fingerprint density at radius 3 is 2.25 bits per heavy atom. The van der Waals surface area contributed by atoms with E-state index < -0.39 is 65.4 Å². The number of nitrogens with one attached hydrogen (secondary N) is 1. The molecule has 0 saturated carbocycles. The van der Waals surface area contributed by atoms with Gasteiger partial charge in [0.2, 0.25) is 11.8 Å². The number of morpholine rings is 1. The molecule has 2 saturated heterocycles. The van der Waals surface area contributed by atoms with Crippen molar-refractivity contribution in [1.29, 1.82) is 0 Å². The van der Waals surface area contributed by atoms with Crippen molar-refractivity contribution < 1.29 is 33.8 Å². The lowest BCUT2D eigenvalue weighted by molar-refractivity contribution is -0.178. The number of primary amides is 1. The number of aromatic nitrogens is 3. The molecule has 3 aliphatic rings. The number of nitrogens with two attached hydrogens (primary N) is 1. The molecule has 14 nitrogen and oxygen atoms in total. The molecule has 6 aromatic carbocycles. The van der Waals surface area contributed by atoms with Crippen LogP contribution >= 0.6 is 0 Å². The first-order chi connectivity index (χ1) is 32.7. The number of rotatable bonds is 10. The highest BCUT2D eigenvalue weighted by molar-refractivity contribution is 6.24. The zero-order valence-corrected chi connectivity index (χ0v) is 36.3. The summed E-state index contributed by atoms with van der Waals surface area (Å²) in [6, 6.07) is 43.1. The van der Waals surface area contributed by atoms with Crippen molar-refractivity contribution in [1.82, 2.24) is 25.2 Å². The van der Waals surface area contributed by atoms with Crippen LogP contribution in [0.3, 0.4) is 0 Å². The molecular formula is C53H45N7O7. The zero-order valence-electron chi connectivity index (χ0n) is 36.3. The molecule has 4 N–H and O–H groups in total. The second kappa shape index (κ2) is 17.7. The maximum Gasteiger partial charge on any atom is 0.329 e. The number of benzene rings is 6. The molecule has 0 unspecified atom stereocenters. The van der Waals surface area contributed by atoms with E-state index in [1.54, 1.807) is 47.1 Å². The summed E-state index contributed by atoms with van der Waals surface area (Å²) < 4.78 is 14.1. The number of esters is 1. The molecule has 67 heavy (non-hydrogen) atoms. The summed E-state index contributed by atoms with van der Waals surface area (Å²) >= 11 is 0. The number of urea groups is 1. The van der Waals surface area contributed by atoms with Gasteiger partial charge in [0.1, 0.15) is 42.0 Å². The zero-order chi connectivity index (χ0) is 46.2. The highest BCUT2D eigenvalue weighted by Crippen LogP contribution is 2.66. The van der Waals surface area contributed by atoms with Crippen molar-refractivity contribution in [3.05, 3.63) is 191 Å². The SMILES string of the molecule is C[C@@H](NC(=O)N1C(=O)[C@@]2(c3cc(C#CCn4nnc5ccccc54)ccc31)[C@H](C(N)=O)[C@H]1C(=O)O[C@H](c3ccccc3)[C@H](c3ccccc3)N1[C@@H]2c1cccc(OCCO)c1)c1ccccc1. The Morgan fingerprint density at radius 2 is 1.52 bits per heavy atom. The first-order valence-corrected chi connectivity index (χ1v) is 22.0. The molecule has 7 aromatic rings. The summed E-state index contributed by atoms with van der Waals surface area (Å²) in [6.45, 7) is 1.72. The van der Waals surface area contributed by atoms with Crippen LogP contribution in [0.15, 0.2) is 158 Å². The highest BCUT2D eigenvalue weighted by Gasteiger charge is 2.75. The third-order valence-electron chi connectivity index (χ3n) is 13.0. The molecule has 4 heterocycles. The third kappa shape index (κ3) is 7.34. The monoisotopic (exact) mass is 891 g/mol. The van der Waals surface area contributed by atoms with Crippen molar-refractivity contribution in [2.75, 3.05) is 18.1 Å². The van der Waals surface area contributed by atoms with E-state index in [4.69, 9.17) is 15.2 Å². The van der Waals surface area contributed by atoms with Crippen LogP contribution < -0.4 is 20.7 Å². The number of aliphatic hydroxyl groups is 1. The number of nitrogens with zero attached hydrogens (tertiary/aromatic N) is 5. The number of imide groups is 1. The molecule has 0 radical (unpaired) electrons. The van der Waals surface area contributed by atoms with Crippen molar-refractivity contribution in [3.8, 4) is 17.6 Å². The topological polar surface area (TPSA) is 182 Å². The molecule has 0 aliphatic carbocycles. The number of ether oxygens (including phenoxy) is 2. The molecule has 4 amide bonds. The number of hydrogen-bond acceptors (Lipinski definition) is 10. The fraction of sp³-hybridized carbons (Fsp3) is 0.208. The van der Waals surface area contributed by atoms with Gasteiger partial charge in [-0.15, -0.1) is 5.10 Å². The maximum absolute atomic E-state index is 16.3. The molecule has 1 aromatic heterocycles. The number of aliphatic hydroxyl groups excluding tert-OH is 1. The molecule has 1 spiro atoms. The quantitative estimate of drug-likeness (QED) is 0.102. The molecule has 0 bridgehead atoms. The fourth-order valence-corrected chi connectivity index (χ4v) is 10.3.